The molecule has 28 heavy (non-hydrogen) atoms. The zero-order chi connectivity index (χ0) is 20.1. The monoisotopic (exact) mass is 403 g/mol. The third kappa shape index (κ3) is 4.42. The van der Waals surface area contributed by atoms with Crippen LogP contribution in [0.25, 0.3) is 11.4 Å². The summed E-state index contributed by atoms with van der Waals surface area (Å²) in [6.07, 6.45) is 2.76. The van der Waals surface area contributed by atoms with Crippen molar-refractivity contribution in [3.05, 3.63) is 41.0 Å². The van der Waals surface area contributed by atoms with Gasteiger partial charge in [0, 0.05) is 29.9 Å². The van der Waals surface area contributed by atoms with E-state index in [2.05, 4.69) is 9.97 Å². The van der Waals surface area contributed by atoms with Crippen LogP contribution in [0.5, 0.6) is 0 Å². The minimum absolute atomic E-state index is 0.134. The van der Waals surface area contributed by atoms with Crippen LogP contribution in [-0.4, -0.2) is 48.7 Å². The lowest BCUT2D eigenvalue weighted by molar-refractivity contribution is -0.146. The van der Waals surface area contributed by atoms with Crippen molar-refractivity contribution >= 4 is 29.4 Å². The first-order valence-corrected chi connectivity index (χ1v) is 9.54. The summed E-state index contributed by atoms with van der Waals surface area (Å²) in [5.74, 6) is 0.214. The lowest BCUT2D eigenvalue weighted by Gasteiger charge is -2.32. The maximum absolute atomic E-state index is 12.4. The number of aromatic nitrogens is 2. The Morgan fingerprint density at radius 1 is 1.21 bits per heavy atom. The minimum Gasteiger partial charge on any atom is -0.469 e. The van der Waals surface area contributed by atoms with Gasteiger partial charge in [-0.15, -0.1) is 0 Å². The van der Waals surface area contributed by atoms with E-state index >= 15 is 0 Å². The number of methoxy groups -OCH3 is 1. The van der Waals surface area contributed by atoms with E-state index in [1.165, 1.54) is 13.3 Å². The highest BCUT2D eigenvalue weighted by atomic mass is 35.5. The van der Waals surface area contributed by atoms with Crippen molar-refractivity contribution in [3.63, 3.8) is 0 Å². The molecule has 0 spiro atoms. The Balaban J connectivity index is 1.92. The van der Waals surface area contributed by atoms with Gasteiger partial charge in [0.25, 0.3) is 0 Å². The number of carbonyl (C=O) groups is 2. The highest BCUT2D eigenvalue weighted by molar-refractivity contribution is 6.30. The van der Waals surface area contributed by atoms with Gasteiger partial charge < -0.3 is 14.4 Å². The van der Waals surface area contributed by atoms with Crippen molar-refractivity contribution in [1.29, 1.82) is 0 Å². The van der Waals surface area contributed by atoms with Crippen LogP contribution >= 0.6 is 11.6 Å². The Hall–Kier alpha value is -2.67. The molecule has 0 saturated carbocycles. The number of carbonyl (C=O) groups excluding carboxylic acids is 2. The predicted octanol–water partition coefficient (Wildman–Crippen LogP) is 3.36. The number of benzene rings is 1. The molecule has 1 saturated heterocycles. The topological polar surface area (TPSA) is 81.6 Å². The fourth-order valence-electron chi connectivity index (χ4n) is 3.20. The van der Waals surface area contributed by atoms with Gasteiger partial charge in [0.15, 0.2) is 5.82 Å². The molecule has 2 aromatic rings. The van der Waals surface area contributed by atoms with Crippen molar-refractivity contribution in [1.82, 2.24) is 9.97 Å². The second-order valence-electron chi connectivity index (χ2n) is 6.44. The second-order valence-corrected chi connectivity index (χ2v) is 6.88. The SMILES string of the molecule is CCOC(=O)c1cnc(-c2ccc(Cl)cc2)nc1N1CCC(C(=O)OC)CC1. The fourth-order valence-corrected chi connectivity index (χ4v) is 3.32. The molecule has 0 amide bonds. The minimum atomic E-state index is -0.463. The third-order valence-electron chi connectivity index (χ3n) is 4.70. The number of hydrogen-bond donors (Lipinski definition) is 0. The van der Waals surface area contributed by atoms with Gasteiger partial charge in [0.05, 0.1) is 19.6 Å². The Bertz CT molecular complexity index is 849. The smallest absolute Gasteiger partial charge is 0.343 e. The molecular weight excluding hydrogens is 382 g/mol. The zero-order valence-corrected chi connectivity index (χ0v) is 16.6. The zero-order valence-electron chi connectivity index (χ0n) is 15.9. The van der Waals surface area contributed by atoms with E-state index in [4.69, 9.17) is 21.1 Å². The van der Waals surface area contributed by atoms with Gasteiger partial charge >= 0.3 is 11.9 Å². The van der Waals surface area contributed by atoms with Crippen molar-refractivity contribution in [2.45, 2.75) is 19.8 Å². The van der Waals surface area contributed by atoms with E-state index in [9.17, 15) is 9.59 Å². The Morgan fingerprint density at radius 3 is 2.50 bits per heavy atom. The second kappa shape index (κ2) is 9.01. The van der Waals surface area contributed by atoms with E-state index in [-0.39, 0.29) is 18.5 Å². The summed E-state index contributed by atoms with van der Waals surface area (Å²) in [5, 5.41) is 0.622. The van der Waals surface area contributed by atoms with Crippen LogP contribution in [0, 0.1) is 5.92 Å². The summed E-state index contributed by atoms with van der Waals surface area (Å²) in [6.45, 7) is 3.19. The van der Waals surface area contributed by atoms with E-state index < -0.39 is 5.97 Å². The summed E-state index contributed by atoms with van der Waals surface area (Å²) < 4.78 is 10.0. The molecule has 1 aromatic heterocycles. The summed E-state index contributed by atoms with van der Waals surface area (Å²) in [6, 6.07) is 7.19. The maximum atomic E-state index is 12.4. The fraction of sp³-hybridized carbons (Fsp3) is 0.400. The average Bonchev–Trinajstić information content (AvgIpc) is 2.73. The Morgan fingerprint density at radius 2 is 1.89 bits per heavy atom. The van der Waals surface area contributed by atoms with Gasteiger partial charge in [0.2, 0.25) is 0 Å². The van der Waals surface area contributed by atoms with Crippen LogP contribution in [0.1, 0.15) is 30.1 Å². The molecule has 0 radical (unpaired) electrons. The lowest BCUT2D eigenvalue weighted by Crippen LogP contribution is -2.38. The van der Waals surface area contributed by atoms with Crippen molar-refractivity contribution < 1.29 is 19.1 Å². The molecule has 3 rings (SSSR count). The molecule has 7 nitrogen and oxygen atoms in total. The standard InChI is InChI=1S/C20H22ClN3O4/c1-3-28-20(26)16-12-22-17(13-4-6-15(21)7-5-13)23-18(16)24-10-8-14(9-11-24)19(25)27-2/h4-7,12,14H,3,8-11H2,1-2H3. The van der Waals surface area contributed by atoms with Crippen LogP contribution < -0.4 is 4.90 Å². The van der Waals surface area contributed by atoms with Gasteiger partial charge in [0.1, 0.15) is 11.4 Å². The average molecular weight is 404 g/mol. The van der Waals surface area contributed by atoms with Gasteiger partial charge in [-0.3, -0.25) is 4.79 Å². The number of anilines is 1. The van der Waals surface area contributed by atoms with E-state index in [1.54, 1.807) is 19.1 Å². The normalized spacial score (nSPS) is 14.6. The summed E-state index contributed by atoms with van der Waals surface area (Å²) in [5.41, 5.74) is 1.11. The highest BCUT2D eigenvalue weighted by Gasteiger charge is 2.29. The Kier molecular flexibility index (Phi) is 6.46. The number of piperidine rings is 1. The van der Waals surface area contributed by atoms with Crippen molar-refractivity contribution in [2.75, 3.05) is 31.7 Å². The molecule has 0 N–H and O–H groups in total. The van der Waals surface area contributed by atoms with E-state index in [1.807, 2.05) is 17.0 Å². The van der Waals surface area contributed by atoms with Gasteiger partial charge in [-0.25, -0.2) is 14.8 Å². The van der Waals surface area contributed by atoms with E-state index in [0.29, 0.717) is 48.2 Å². The molecule has 0 atom stereocenters. The molecule has 0 bridgehead atoms. The van der Waals surface area contributed by atoms with Crippen molar-refractivity contribution in [3.8, 4) is 11.4 Å². The van der Waals surface area contributed by atoms with Gasteiger partial charge in [-0.1, -0.05) is 11.6 Å². The van der Waals surface area contributed by atoms with Crippen LogP contribution in [0.4, 0.5) is 5.82 Å². The molecule has 2 heterocycles. The number of hydrogen-bond acceptors (Lipinski definition) is 7. The molecule has 8 heteroatoms. The number of ether oxygens (including phenoxy) is 2. The molecule has 1 aliphatic rings. The van der Waals surface area contributed by atoms with Gasteiger partial charge in [-0.05, 0) is 44.0 Å². The highest BCUT2D eigenvalue weighted by Crippen LogP contribution is 2.28. The molecule has 1 aromatic carbocycles. The number of nitrogens with zero attached hydrogens (tertiary/aromatic N) is 3. The van der Waals surface area contributed by atoms with E-state index in [0.717, 1.165) is 5.56 Å². The largest absolute Gasteiger partial charge is 0.469 e. The molecular formula is C20H22ClN3O4. The number of esters is 2. The summed E-state index contributed by atoms with van der Waals surface area (Å²) in [7, 11) is 1.40. The Labute approximate surface area is 168 Å². The molecule has 0 unspecified atom stereocenters. The maximum Gasteiger partial charge on any atom is 0.343 e. The quantitative estimate of drug-likeness (QED) is 0.708. The summed E-state index contributed by atoms with van der Waals surface area (Å²) in [4.78, 5) is 35.2. The first-order chi connectivity index (χ1) is 13.5. The lowest BCUT2D eigenvalue weighted by atomic mass is 9.97. The number of halogens is 1. The van der Waals surface area contributed by atoms with Crippen molar-refractivity contribution in [2.24, 2.45) is 5.92 Å². The number of rotatable bonds is 5. The van der Waals surface area contributed by atoms with Crippen LogP contribution in [0.15, 0.2) is 30.5 Å². The van der Waals surface area contributed by atoms with Crippen LogP contribution in [0.3, 0.4) is 0 Å². The first kappa shape index (κ1) is 20.1. The molecule has 1 fully saturated rings. The first-order valence-electron chi connectivity index (χ1n) is 9.16. The molecule has 0 aliphatic carbocycles. The van der Waals surface area contributed by atoms with Crippen LogP contribution in [-0.2, 0) is 14.3 Å². The molecule has 148 valence electrons. The predicted molar refractivity (Wildman–Crippen MR) is 105 cm³/mol. The van der Waals surface area contributed by atoms with Gasteiger partial charge in [-0.2, -0.15) is 0 Å². The third-order valence-corrected chi connectivity index (χ3v) is 4.95. The van der Waals surface area contributed by atoms with Crippen LogP contribution in [0.2, 0.25) is 5.02 Å². The summed E-state index contributed by atoms with van der Waals surface area (Å²) >= 11 is 5.96. The molecule has 1 aliphatic heterocycles.